The summed E-state index contributed by atoms with van der Waals surface area (Å²) in [5.74, 6) is 4.97. The van der Waals surface area contributed by atoms with Gasteiger partial charge in [0.25, 0.3) is 0 Å². The van der Waals surface area contributed by atoms with Crippen molar-refractivity contribution in [2.75, 3.05) is 32.7 Å². The van der Waals surface area contributed by atoms with Gasteiger partial charge in [-0.15, -0.1) is 0 Å². The molecule has 0 unspecified atom stereocenters. The van der Waals surface area contributed by atoms with Gasteiger partial charge in [0, 0.05) is 32.5 Å². The van der Waals surface area contributed by atoms with Crippen molar-refractivity contribution >= 4 is 17.9 Å². The average Bonchev–Trinajstić information content (AvgIpc) is 3.65. The highest BCUT2D eigenvalue weighted by molar-refractivity contribution is 5.84. The van der Waals surface area contributed by atoms with E-state index < -0.39 is 0 Å². The molecule has 0 aromatic carbocycles. The summed E-state index contributed by atoms with van der Waals surface area (Å²) in [6.07, 6.45) is 42.1. The Balaban J connectivity index is 1.08. The van der Waals surface area contributed by atoms with Crippen LogP contribution in [0.25, 0.3) is 0 Å². The van der Waals surface area contributed by atoms with Gasteiger partial charge in [0.05, 0.1) is 6.54 Å². The van der Waals surface area contributed by atoms with Crippen LogP contribution in [0.1, 0.15) is 253 Å². The molecule has 4 N–H and O–H groups in total. The molecule has 382 valence electrons. The van der Waals surface area contributed by atoms with Gasteiger partial charge >= 0.3 is 6.09 Å². The van der Waals surface area contributed by atoms with Crippen LogP contribution in [0.4, 0.5) is 4.79 Å². The van der Waals surface area contributed by atoms with Gasteiger partial charge in [-0.2, -0.15) is 0 Å². The number of carbonyl (C=O) groups excluding carboxylic acids is 3. The molecule has 4 rings (SSSR count). The maximum absolute atomic E-state index is 13.3. The van der Waals surface area contributed by atoms with Gasteiger partial charge in [-0.25, -0.2) is 4.79 Å². The SMILES string of the molecule is CCCCCCCCCCCCCCCCCCC(=O)N(CCCCCCNC(=O)O[C@H]1CC[C@@]2(C)C(=CC[C@H]3[C@@H]4CC[C@H]([C@H](C)CCCC(C)C)[C@@]4(C)CC[C@@H]32)C1)CC(=O)NCCCN. The highest BCUT2D eigenvalue weighted by Gasteiger charge is 2.59. The van der Waals surface area contributed by atoms with Gasteiger partial charge in [0.1, 0.15) is 6.10 Å². The number of hydrogen-bond acceptors (Lipinski definition) is 5. The first-order valence-corrected chi connectivity index (χ1v) is 28.8. The van der Waals surface area contributed by atoms with E-state index in [9.17, 15) is 14.4 Å². The Bertz CT molecular complexity index is 1400. The average molecular weight is 924 g/mol. The largest absolute Gasteiger partial charge is 0.446 e. The minimum Gasteiger partial charge on any atom is -0.446 e. The molecule has 8 atom stereocenters. The molecule has 0 aromatic heterocycles. The van der Waals surface area contributed by atoms with Crippen molar-refractivity contribution in [3.8, 4) is 0 Å². The number of amides is 3. The van der Waals surface area contributed by atoms with Gasteiger partial charge in [-0.05, 0) is 124 Å². The summed E-state index contributed by atoms with van der Waals surface area (Å²) >= 11 is 0. The third-order valence-electron chi connectivity index (χ3n) is 17.8. The first kappa shape index (κ1) is 56.5. The Morgan fingerprint density at radius 2 is 1.33 bits per heavy atom. The van der Waals surface area contributed by atoms with E-state index in [0.717, 1.165) is 99.7 Å². The number of hydrogen-bond donors (Lipinski definition) is 3. The van der Waals surface area contributed by atoms with Gasteiger partial charge in [0.15, 0.2) is 0 Å². The van der Waals surface area contributed by atoms with E-state index in [4.69, 9.17) is 10.5 Å². The second-order valence-corrected chi connectivity index (χ2v) is 23.3. The first-order chi connectivity index (χ1) is 31.9. The van der Waals surface area contributed by atoms with Crippen molar-refractivity contribution < 1.29 is 19.1 Å². The van der Waals surface area contributed by atoms with E-state index in [2.05, 4.69) is 58.3 Å². The second-order valence-electron chi connectivity index (χ2n) is 23.3. The molecule has 0 bridgehead atoms. The van der Waals surface area contributed by atoms with Crippen LogP contribution in [0.15, 0.2) is 11.6 Å². The molecular formula is C58H106N4O4. The molecule has 4 aliphatic carbocycles. The van der Waals surface area contributed by atoms with Crippen LogP contribution in [0.5, 0.6) is 0 Å². The summed E-state index contributed by atoms with van der Waals surface area (Å²) < 4.78 is 6.07. The molecule has 0 aliphatic heterocycles. The Hall–Kier alpha value is -2.09. The van der Waals surface area contributed by atoms with Crippen molar-refractivity contribution in [2.24, 2.45) is 52.1 Å². The lowest BCUT2D eigenvalue weighted by molar-refractivity contribution is -0.136. The van der Waals surface area contributed by atoms with E-state index in [0.29, 0.717) is 38.0 Å². The van der Waals surface area contributed by atoms with E-state index >= 15 is 0 Å². The fraction of sp³-hybridized carbons (Fsp3) is 0.914. The topological polar surface area (TPSA) is 114 Å². The van der Waals surface area contributed by atoms with E-state index in [-0.39, 0.29) is 36.0 Å². The lowest BCUT2D eigenvalue weighted by atomic mass is 9.47. The van der Waals surface area contributed by atoms with Crippen molar-refractivity contribution in [3.63, 3.8) is 0 Å². The van der Waals surface area contributed by atoms with Crippen LogP contribution in [0, 0.1) is 46.3 Å². The summed E-state index contributed by atoms with van der Waals surface area (Å²) in [5, 5.41) is 5.97. The number of unbranched alkanes of at least 4 members (excludes halogenated alkanes) is 18. The third kappa shape index (κ3) is 18.7. The fourth-order valence-corrected chi connectivity index (χ4v) is 13.8. The molecule has 3 saturated carbocycles. The zero-order chi connectivity index (χ0) is 47.6. The number of nitrogens with one attached hydrogen (secondary N) is 2. The number of nitrogens with zero attached hydrogens (tertiary/aromatic N) is 1. The summed E-state index contributed by atoms with van der Waals surface area (Å²) in [6, 6.07) is 0. The normalized spacial score (nSPS) is 26.2. The van der Waals surface area contributed by atoms with Gasteiger partial charge in [-0.1, -0.05) is 182 Å². The molecule has 8 heteroatoms. The molecule has 0 radical (unpaired) electrons. The number of nitrogens with two attached hydrogens (primary N) is 1. The molecule has 0 saturated heterocycles. The lowest BCUT2D eigenvalue weighted by Gasteiger charge is -2.58. The quantitative estimate of drug-likeness (QED) is 0.0433. The summed E-state index contributed by atoms with van der Waals surface area (Å²) in [4.78, 5) is 40.7. The van der Waals surface area contributed by atoms with E-state index in [1.165, 1.54) is 141 Å². The van der Waals surface area contributed by atoms with Crippen LogP contribution in [0.3, 0.4) is 0 Å². The lowest BCUT2D eigenvalue weighted by Crippen LogP contribution is -2.51. The van der Waals surface area contributed by atoms with Crippen molar-refractivity contribution in [2.45, 2.75) is 260 Å². The van der Waals surface area contributed by atoms with Gasteiger partial charge in [0.2, 0.25) is 11.8 Å². The smallest absolute Gasteiger partial charge is 0.407 e. The Morgan fingerprint density at radius 3 is 1.98 bits per heavy atom. The molecule has 3 fully saturated rings. The molecule has 3 amide bonds. The number of fused-ring (bicyclic) bond motifs is 5. The maximum atomic E-state index is 13.3. The molecule has 0 spiro atoms. The Labute approximate surface area is 407 Å². The Kier molecular flexibility index (Phi) is 26.7. The van der Waals surface area contributed by atoms with Crippen LogP contribution < -0.4 is 16.4 Å². The number of rotatable bonds is 35. The van der Waals surface area contributed by atoms with E-state index in [1.807, 2.05) is 0 Å². The predicted molar refractivity (Wildman–Crippen MR) is 277 cm³/mol. The Morgan fingerprint density at radius 1 is 0.712 bits per heavy atom. The van der Waals surface area contributed by atoms with E-state index in [1.54, 1.807) is 10.5 Å². The minimum atomic E-state index is -0.280. The number of carbonyl (C=O) groups is 3. The van der Waals surface area contributed by atoms with Gasteiger partial charge < -0.3 is 26.0 Å². The maximum Gasteiger partial charge on any atom is 0.407 e. The standard InChI is InChI=1S/C58H106N4O4/c1-7-8-9-10-11-12-13-14-15-16-17-18-19-20-21-24-31-55(64)62(45-54(63)60-42-28-40-59)43-26-23-22-25-41-61-56(65)66-49-36-38-57(5)48(44-49)32-33-50-52-35-34-51(47(4)30-27-29-46(2)3)58(52,6)39-37-53(50)57/h32,46-47,49-53H,7-31,33-45,59H2,1-6H3,(H,60,63)(H,61,65)/t47-,49+,50+,51-,52+,53+,57+,58-/m1/s1. The summed E-state index contributed by atoms with van der Waals surface area (Å²) in [5.41, 5.74) is 7.95. The number of allylic oxidation sites excluding steroid dienone is 1. The van der Waals surface area contributed by atoms with Crippen molar-refractivity contribution in [3.05, 3.63) is 11.6 Å². The minimum absolute atomic E-state index is 0.0347. The van der Waals surface area contributed by atoms with Crippen LogP contribution in [-0.2, 0) is 14.3 Å². The molecule has 8 nitrogen and oxygen atoms in total. The monoisotopic (exact) mass is 923 g/mol. The fourth-order valence-electron chi connectivity index (χ4n) is 13.8. The zero-order valence-electron chi connectivity index (χ0n) is 44.1. The number of alkyl carbamates (subject to hydrolysis) is 1. The molecule has 4 aliphatic rings. The number of ether oxygens (including phenoxy) is 1. The highest BCUT2D eigenvalue weighted by atomic mass is 16.6. The second kappa shape index (κ2) is 31.2. The molecule has 0 aromatic rings. The predicted octanol–water partition coefficient (Wildman–Crippen LogP) is 14.6. The summed E-state index contributed by atoms with van der Waals surface area (Å²) in [7, 11) is 0. The third-order valence-corrected chi connectivity index (χ3v) is 17.8. The highest BCUT2D eigenvalue weighted by Crippen LogP contribution is 2.67. The van der Waals surface area contributed by atoms with Crippen LogP contribution in [-0.4, -0.2) is 61.6 Å². The molecule has 0 heterocycles. The van der Waals surface area contributed by atoms with Crippen LogP contribution >= 0.6 is 0 Å². The molecule has 66 heavy (non-hydrogen) atoms. The van der Waals surface area contributed by atoms with Gasteiger partial charge in [-0.3, -0.25) is 9.59 Å². The van der Waals surface area contributed by atoms with Crippen LogP contribution in [0.2, 0.25) is 0 Å². The first-order valence-electron chi connectivity index (χ1n) is 28.8. The molecular weight excluding hydrogens is 817 g/mol. The van der Waals surface area contributed by atoms with Crippen molar-refractivity contribution in [1.29, 1.82) is 0 Å². The zero-order valence-corrected chi connectivity index (χ0v) is 44.1. The van der Waals surface area contributed by atoms with Crippen molar-refractivity contribution in [1.82, 2.24) is 15.5 Å². The summed E-state index contributed by atoms with van der Waals surface area (Å²) in [6.45, 7) is 17.2.